The third-order valence-electron chi connectivity index (χ3n) is 6.53. The molecule has 4 rings (SSSR count). The number of ether oxygens (including phenoxy) is 2. The van der Waals surface area contributed by atoms with Crippen LogP contribution in [0, 0.1) is 0 Å². The van der Waals surface area contributed by atoms with Gasteiger partial charge >= 0.3 is 0 Å². The van der Waals surface area contributed by atoms with E-state index in [0.717, 1.165) is 22.3 Å². The van der Waals surface area contributed by atoms with Crippen molar-refractivity contribution < 1.29 is 19.1 Å². The van der Waals surface area contributed by atoms with Crippen LogP contribution in [0.5, 0.6) is 11.5 Å². The van der Waals surface area contributed by atoms with Crippen LogP contribution in [0.4, 0.5) is 0 Å². The van der Waals surface area contributed by atoms with Crippen molar-refractivity contribution in [2.45, 2.75) is 32.0 Å². The minimum atomic E-state index is -0.762. The molecule has 1 N–H and O–H groups in total. The van der Waals surface area contributed by atoms with E-state index in [-0.39, 0.29) is 24.8 Å². The first-order valence-electron chi connectivity index (χ1n) is 12.9. The van der Waals surface area contributed by atoms with Gasteiger partial charge in [-0.15, -0.1) is 0 Å². The number of aromatic nitrogens is 1. The lowest BCUT2D eigenvalue weighted by molar-refractivity contribution is -0.140. The van der Waals surface area contributed by atoms with Crippen LogP contribution in [0.2, 0.25) is 5.02 Å². The van der Waals surface area contributed by atoms with E-state index < -0.39 is 6.04 Å². The lowest BCUT2D eigenvalue weighted by atomic mass is 10.0. The van der Waals surface area contributed by atoms with Crippen LogP contribution in [0.3, 0.4) is 0 Å². The number of carbonyl (C=O) groups excluding carboxylic acids is 2. The van der Waals surface area contributed by atoms with Gasteiger partial charge in [-0.2, -0.15) is 0 Å². The first kappa shape index (κ1) is 28.6. The Balaban J connectivity index is 1.66. The number of pyridine rings is 1. The van der Waals surface area contributed by atoms with Gasteiger partial charge < -0.3 is 19.7 Å². The molecule has 0 fully saturated rings. The van der Waals surface area contributed by atoms with Gasteiger partial charge in [-0.3, -0.25) is 14.6 Å². The number of nitrogens with zero attached hydrogens (tertiary/aromatic N) is 2. The Morgan fingerprint density at radius 2 is 1.55 bits per heavy atom. The van der Waals surface area contributed by atoms with Crippen LogP contribution in [0.1, 0.15) is 22.3 Å². The Morgan fingerprint density at radius 3 is 2.23 bits per heavy atom. The van der Waals surface area contributed by atoms with Crippen LogP contribution in [-0.2, 0) is 35.5 Å². The van der Waals surface area contributed by atoms with Crippen LogP contribution in [-0.4, -0.2) is 42.0 Å². The first-order valence-corrected chi connectivity index (χ1v) is 13.3. The molecule has 0 radical (unpaired) electrons. The highest BCUT2D eigenvalue weighted by Crippen LogP contribution is 2.28. The molecule has 0 spiro atoms. The summed E-state index contributed by atoms with van der Waals surface area (Å²) in [5, 5.41) is 3.62. The van der Waals surface area contributed by atoms with E-state index in [9.17, 15) is 9.59 Å². The smallest absolute Gasteiger partial charge is 0.243 e. The van der Waals surface area contributed by atoms with Gasteiger partial charge in [0.25, 0.3) is 0 Å². The molecule has 1 atom stereocenters. The Kier molecular flexibility index (Phi) is 10.1. The molecule has 1 heterocycles. The summed E-state index contributed by atoms with van der Waals surface area (Å²) in [5.41, 5.74) is 3.43. The van der Waals surface area contributed by atoms with Gasteiger partial charge in [-0.25, -0.2) is 0 Å². The highest BCUT2D eigenvalue weighted by Gasteiger charge is 2.30. The van der Waals surface area contributed by atoms with Crippen LogP contribution in [0.15, 0.2) is 97.3 Å². The molecule has 1 aromatic heterocycles. The molecule has 206 valence electrons. The molecule has 0 aliphatic rings. The van der Waals surface area contributed by atoms with Gasteiger partial charge in [0.2, 0.25) is 11.8 Å². The van der Waals surface area contributed by atoms with Crippen molar-refractivity contribution in [1.29, 1.82) is 0 Å². The average molecular weight is 558 g/mol. The van der Waals surface area contributed by atoms with Crippen molar-refractivity contribution in [2.75, 3.05) is 14.2 Å². The molecule has 0 bridgehead atoms. The van der Waals surface area contributed by atoms with Gasteiger partial charge in [0.15, 0.2) is 11.5 Å². The number of rotatable bonds is 12. The van der Waals surface area contributed by atoms with Gasteiger partial charge in [0, 0.05) is 36.9 Å². The molecule has 8 heteroatoms. The van der Waals surface area contributed by atoms with Crippen molar-refractivity contribution in [3.8, 4) is 11.5 Å². The quantitative estimate of drug-likeness (QED) is 0.257. The van der Waals surface area contributed by atoms with Gasteiger partial charge in [-0.1, -0.05) is 66.2 Å². The van der Waals surface area contributed by atoms with E-state index in [4.69, 9.17) is 21.1 Å². The minimum absolute atomic E-state index is 0.0785. The van der Waals surface area contributed by atoms with Gasteiger partial charge in [-0.05, 0) is 52.6 Å². The highest BCUT2D eigenvalue weighted by atomic mass is 35.5. The van der Waals surface area contributed by atoms with E-state index in [1.807, 2.05) is 60.7 Å². The SMILES string of the molecule is COc1ccc(CC(=O)N(Cc2ccc(Cl)cc2)C(Cc2ccccc2)C(=O)NCc2cccnc2)cc1OC. The summed E-state index contributed by atoms with van der Waals surface area (Å²) in [7, 11) is 3.12. The number of hydrogen-bond donors (Lipinski definition) is 1. The zero-order valence-electron chi connectivity index (χ0n) is 22.5. The molecular weight excluding hydrogens is 526 g/mol. The number of carbonyl (C=O) groups is 2. The molecule has 1 unspecified atom stereocenters. The van der Waals surface area contributed by atoms with E-state index in [0.29, 0.717) is 29.5 Å². The fourth-order valence-electron chi connectivity index (χ4n) is 4.42. The van der Waals surface area contributed by atoms with E-state index >= 15 is 0 Å². The topological polar surface area (TPSA) is 80.8 Å². The third-order valence-corrected chi connectivity index (χ3v) is 6.78. The molecular formula is C32H32ClN3O4. The van der Waals surface area contributed by atoms with Crippen molar-refractivity contribution in [3.05, 3.63) is 125 Å². The molecule has 0 aliphatic carbocycles. The number of nitrogens with one attached hydrogen (secondary N) is 1. The zero-order valence-corrected chi connectivity index (χ0v) is 23.3. The minimum Gasteiger partial charge on any atom is -0.493 e. The van der Waals surface area contributed by atoms with Crippen LogP contribution >= 0.6 is 11.6 Å². The fraction of sp³-hybridized carbons (Fsp3) is 0.219. The third kappa shape index (κ3) is 7.83. The normalized spacial score (nSPS) is 11.4. The monoisotopic (exact) mass is 557 g/mol. The molecule has 0 aliphatic heterocycles. The Labute approximate surface area is 239 Å². The van der Waals surface area contributed by atoms with Crippen molar-refractivity contribution in [1.82, 2.24) is 15.2 Å². The van der Waals surface area contributed by atoms with E-state index in [1.54, 1.807) is 55.8 Å². The molecule has 0 saturated carbocycles. The summed E-state index contributed by atoms with van der Waals surface area (Å²) >= 11 is 6.12. The second-order valence-electron chi connectivity index (χ2n) is 9.30. The maximum Gasteiger partial charge on any atom is 0.243 e. The molecule has 40 heavy (non-hydrogen) atoms. The maximum absolute atomic E-state index is 14.0. The summed E-state index contributed by atoms with van der Waals surface area (Å²) in [4.78, 5) is 33.5. The molecule has 7 nitrogen and oxygen atoms in total. The predicted octanol–water partition coefficient (Wildman–Crippen LogP) is 5.25. The predicted molar refractivity (Wildman–Crippen MR) is 155 cm³/mol. The number of methoxy groups -OCH3 is 2. The van der Waals surface area contributed by atoms with Crippen molar-refractivity contribution >= 4 is 23.4 Å². The number of amides is 2. The number of benzene rings is 3. The summed E-state index contributed by atoms with van der Waals surface area (Å²) in [6, 6.07) is 25.3. The van der Waals surface area contributed by atoms with E-state index in [2.05, 4.69) is 10.3 Å². The second-order valence-corrected chi connectivity index (χ2v) is 9.74. The largest absolute Gasteiger partial charge is 0.493 e. The molecule has 4 aromatic rings. The maximum atomic E-state index is 14.0. The molecule has 2 amide bonds. The average Bonchev–Trinajstić information content (AvgIpc) is 2.99. The van der Waals surface area contributed by atoms with Crippen LogP contribution in [0.25, 0.3) is 0 Å². The lowest BCUT2D eigenvalue weighted by Gasteiger charge is -2.32. The summed E-state index contributed by atoms with van der Waals surface area (Å²) in [5.74, 6) is 0.669. The van der Waals surface area contributed by atoms with Gasteiger partial charge in [0.05, 0.1) is 20.6 Å². The Bertz CT molecular complexity index is 1400. The first-order chi connectivity index (χ1) is 19.5. The van der Waals surface area contributed by atoms with Crippen molar-refractivity contribution in [3.63, 3.8) is 0 Å². The van der Waals surface area contributed by atoms with Crippen LogP contribution < -0.4 is 14.8 Å². The van der Waals surface area contributed by atoms with Crippen molar-refractivity contribution in [2.24, 2.45) is 0 Å². The van der Waals surface area contributed by atoms with Gasteiger partial charge in [0.1, 0.15) is 6.04 Å². The Hall–Kier alpha value is -4.36. The van der Waals surface area contributed by atoms with E-state index in [1.165, 1.54) is 0 Å². The second kappa shape index (κ2) is 14.1. The summed E-state index contributed by atoms with van der Waals surface area (Å²) in [6.07, 6.45) is 3.82. The standard InChI is InChI=1S/C32H32ClN3O4/c1-39-29-15-12-25(18-30(29)40-2)19-31(37)36(22-24-10-13-27(33)14-11-24)28(17-23-7-4-3-5-8-23)32(38)35-21-26-9-6-16-34-20-26/h3-16,18,20,28H,17,19,21-22H2,1-2H3,(H,35,38). The summed E-state index contributed by atoms with van der Waals surface area (Å²) in [6.45, 7) is 0.539. The molecule has 3 aromatic carbocycles. The zero-order chi connectivity index (χ0) is 28.3. The Morgan fingerprint density at radius 1 is 0.850 bits per heavy atom. The molecule has 0 saturated heterocycles. The number of halogens is 1. The number of hydrogen-bond acceptors (Lipinski definition) is 5. The fourth-order valence-corrected chi connectivity index (χ4v) is 4.54. The summed E-state index contributed by atoms with van der Waals surface area (Å²) < 4.78 is 10.8. The highest BCUT2D eigenvalue weighted by molar-refractivity contribution is 6.30. The lowest BCUT2D eigenvalue weighted by Crippen LogP contribution is -2.50.